The zero-order chi connectivity index (χ0) is 47.1. The first-order valence-electron chi connectivity index (χ1n) is 22.3. The third-order valence-electron chi connectivity index (χ3n) is 13.3. The Hall–Kier alpha value is -2.32. The van der Waals surface area contributed by atoms with Crippen LogP contribution in [0.15, 0.2) is 0 Å². The Kier molecular flexibility index (Phi) is 19.8. The summed E-state index contributed by atoms with van der Waals surface area (Å²) < 4.78 is 57.0. The van der Waals surface area contributed by atoms with Crippen molar-refractivity contribution in [1.29, 1.82) is 0 Å². The number of likely N-dealkylation sites (N-methyl/N-ethyl adjacent to an activating group) is 2. The first-order chi connectivity index (χ1) is 28.8. The maximum absolute atomic E-state index is 14.7. The molecule has 17 nitrogen and oxygen atoms in total. The average Bonchev–Trinajstić information content (AvgIpc) is 3.17. The number of carbonyl (C=O) groups is 4. The molecule has 0 aromatic carbocycles. The smallest absolute Gasteiger partial charge is 0.311 e. The second-order valence-corrected chi connectivity index (χ2v) is 19.1. The number of rotatable bonds is 13. The third kappa shape index (κ3) is 13.2. The Morgan fingerprint density at radius 3 is 2.16 bits per heavy atom. The minimum absolute atomic E-state index is 0.157. The van der Waals surface area contributed by atoms with Gasteiger partial charge in [-0.1, -0.05) is 20.8 Å². The van der Waals surface area contributed by atoms with Crippen molar-refractivity contribution in [3.8, 4) is 0 Å². The van der Waals surface area contributed by atoms with Gasteiger partial charge >= 0.3 is 17.9 Å². The van der Waals surface area contributed by atoms with Gasteiger partial charge in [0.05, 0.1) is 54.2 Å². The molecule has 1 unspecified atom stereocenters. The van der Waals surface area contributed by atoms with Crippen LogP contribution in [-0.2, 0) is 61.8 Å². The lowest BCUT2D eigenvalue weighted by atomic mass is 9.77. The minimum atomic E-state index is -1.66. The average molecular weight is 889 g/mol. The molecule has 3 fully saturated rings. The Labute approximate surface area is 370 Å². The number of hydrogen-bond donors (Lipinski definition) is 2. The van der Waals surface area contributed by atoms with Crippen molar-refractivity contribution in [2.75, 3.05) is 41.4 Å². The van der Waals surface area contributed by atoms with Gasteiger partial charge in [-0.2, -0.15) is 0 Å². The van der Waals surface area contributed by atoms with Crippen LogP contribution in [0.5, 0.6) is 0 Å². The summed E-state index contributed by atoms with van der Waals surface area (Å²) in [6, 6.07) is -0.889. The molecular formula is C45H80N2O15. The predicted octanol–water partition coefficient (Wildman–Crippen LogP) is 3.66. The summed E-state index contributed by atoms with van der Waals surface area (Å²) in [4.78, 5) is 54.9. The molecule has 0 aromatic rings. The number of esters is 3. The monoisotopic (exact) mass is 889 g/mol. The largest absolute Gasteiger partial charge is 0.458 e. The summed E-state index contributed by atoms with van der Waals surface area (Å²) in [5.74, 6) is -4.01. The number of aldehydes is 1. The fourth-order valence-corrected chi connectivity index (χ4v) is 10.00. The van der Waals surface area contributed by atoms with Crippen molar-refractivity contribution >= 4 is 24.2 Å². The molecule has 3 aliphatic heterocycles. The molecule has 0 aliphatic carbocycles. The molecule has 62 heavy (non-hydrogen) atoms. The number of methoxy groups -OCH3 is 1. The third-order valence-corrected chi connectivity index (χ3v) is 13.3. The van der Waals surface area contributed by atoms with Crippen molar-refractivity contribution in [3.63, 3.8) is 0 Å². The SMILES string of the molecule is CC[C@H]1OC(=O)[C@H](C)[C@@H](O[C@H]2C[C@@](C)(OC)[C@@H](OCCC=O)[C@H](C)O2)[C@H](C)[C@@H](O[C@@H]2O[C@H](C)C[C@H](N(C)C)[C@H]2OC(C)=O)[C@](C)(O)C[C@@H](C)CN(C)[C@H](C)C(O)[C@]1(C)OC(C)=O. The molecule has 0 aromatic heterocycles. The number of carbonyl (C=O) groups excluding carboxylic acids is 4. The van der Waals surface area contributed by atoms with E-state index in [-0.39, 0.29) is 50.4 Å². The van der Waals surface area contributed by atoms with Gasteiger partial charge in [-0.15, -0.1) is 0 Å². The van der Waals surface area contributed by atoms with Gasteiger partial charge in [0.2, 0.25) is 0 Å². The van der Waals surface area contributed by atoms with Crippen molar-refractivity contribution in [3.05, 3.63) is 0 Å². The number of cyclic esters (lactones) is 1. The highest BCUT2D eigenvalue weighted by atomic mass is 16.7. The molecule has 3 rings (SSSR count). The van der Waals surface area contributed by atoms with E-state index in [9.17, 15) is 29.4 Å². The van der Waals surface area contributed by atoms with Crippen LogP contribution >= 0.6 is 0 Å². The van der Waals surface area contributed by atoms with Crippen molar-refractivity contribution in [2.24, 2.45) is 17.8 Å². The van der Waals surface area contributed by atoms with Crippen LogP contribution in [0.2, 0.25) is 0 Å². The van der Waals surface area contributed by atoms with Gasteiger partial charge < -0.3 is 67.4 Å². The summed E-state index contributed by atoms with van der Waals surface area (Å²) in [5.41, 5.74) is -4.24. The Bertz CT molecular complexity index is 1470. The molecular weight excluding hydrogens is 808 g/mol. The van der Waals surface area contributed by atoms with Crippen LogP contribution in [0.4, 0.5) is 0 Å². The second-order valence-electron chi connectivity index (χ2n) is 19.1. The molecule has 0 radical (unpaired) electrons. The summed E-state index contributed by atoms with van der Waals surface area (Å²) in [6.45, 7) is 21.0. The summed E-state index contributed by atoms with van der Waals surface area (Å²) >= 11 is 0. The van der Waals surface area contributed by atoms with E-state index in [1.807, 2.05) is 65.6 Å². The lowest BCUT2D eigenvalue weighted by molar-refractivity contribution is -0.321. The lowest BCUT2D eigenvalue weighted by Crippen LogP contribution is -2.61. The second kappa shape index (κ2) is 22.7. The van der Waals surface area contributed by atoms with E-state index in [0.717, 1.165) is 6.29 Å². The van der Waals surface area contributed by atoms with Gasteiger partial charge in [0, 0.05) is 52.3 Å². The van der Waals surface area contributed by atoms with Crippen molar-refractivity contribution in [2.45, 2.75) is 205 Å². The molecule has 3 aliphatic rings. The number of ether oxygens (including phenoxy) is 9. The van der Waals surface area contributed by atoms with Gasteiger partial charge in [-0.25, -0.2) is 0 Å². The summed E-state index contributed by atoms with van der Waals surface area (Å²) in [7, 11) is 7.17. The van der Waals surface area contributed by atoms with Crippen LogP contribution in [0, 0.1) is 17.8 Å². The highest BCUT2D eigenvalue weighted by Gasteiger charge is 2.54. The van der Waals surface area contributed by atoms with Crippen LogP contribution in [-0.4, -0.2) is 176 Å². The minimum Gasteiger partial charge on any atom is -0.458 e. The fraction of sp³-hybridized carbons (Fsp3) is 0.911. The maximum atomic E-state index is 14.7. The molecule has 0 bridgehead atoms. The van der Waals surface area contributed by atoms with Crippen LogP contribution < -0.4 is 0 Å². The standard InChI is InChI=1S/C45H80N2O15/c1-17-34-45(12,62-32(9)50)38(51)29(6)47(15)24-25(2)22-43(10,53)39(61-42-37(58-31(8)49)33(46(13)14)21-26(3)56-42)27(4)36(28(5)41(52)59-34)60-35-23-44(11,54-16)40(30(7)57-35)55-20-18-19-48/h19,25-30,33-40,42,51,53H,17-18,20-24H2,1-16H3/t25-,26-,27+,28-,29-,30+,33+,34-,35+,36+,37-,38?,39-,40+,42+,43-,44-,45-/m1/s1. The fourth-order valence-electron chi connectivity index (χ4n) is 10.00. The molecule has 3 saturated heterocycles. The van der Waals surface area contributed by atoms with Gasteiger partial charge in [-0.05, 0) is 94.8 Å². The lowest BCUT2D eigenvalue weighted by Gasteiger charge is -2.49. The highest BCUT2D eigenvalue weighted by Crippen LogP contribution is 2.41. The van der Waals surface area contributed by atoms with E-state index in [2.05, 4.69) is 0 Å². The van der Waals surface area contributed by atoms with Crippen LogP contribution in [0.1, 0.15) is 115 Å². The normalized spacial score (nSPS) is 43.2. The van der Waals surface area contributed by atoms with Crippen LogP contribution in [0.25, 0.3) is 0 Å². The number of nitrogens with zero attached hydrogens (tertiary/aromatic N) is 2. The molecule has 0 amide bonds. The van der Waals surface area contributed by atoms with Gasteiger partial charge in [0.15, 0.2) is 24.3 Å². The Morgan fingerprint density at radius 1 is 0.968 bits per heavy atom. The molecule has 18 atom stereocenters. The molecule has 360 valence electrons. The molecule has 0 spiro atoms. The van der Waals surface area contributed by atoms with E-state index in [1.165, 1.54) is 13.8 Å². The Morgan fingerprint density at radius 2 is 1.61 bits per heavy atom. The van der Waals surface area contributed by atoms with E-state index in [4.69, 9.17) is 42.6 Å². The van der Waals surface area contributed by atoms with Gasteiger partial charge in [0.25, 0.3) is 0 Å². The quantitative estimate of drug-likeness (QED) is 0.118. The number of aliphatic hydroxyl groups is 2. The van der Waals surface area contributed by atoms with Gasteiger partial charge in [0.1, 0.15) is 24.6 Å². The molecule has 0 saturated carbocycles. The Balaban J connectivity index is 2.26. The van der Waals surface area contributed by atoms with E-state index in [1.54, 1.807) is 41.7 Å². The van der Waals surface area contributed by atoms with Crippen molar-refractivity contribution < 1.29 is 72.0 Å². The number of hydrogen-bond acceptors (Lipinski definition) is 17. The highest BCUT2D eigenvalue weighted by molar-refractivity contribution is 5.73. The summed E-state index contributed by atoms with van der Waals surface area (Å²) in [6.07, 6.45) is -7.01. The first-order valence-corrected chi connectivity index (χ1v) is 22.3. The van der Waals surface area contributed by atoms with Crippen LogP contribution in [0.3, 0.4) is 0 Å². The van der Waals surface area contributed by atoms with E-state index in [0.29, 0.717) is 13.0 Å². The topological polar surface area (TPSA) is 198 Å². The number of aliphatic hydroxyl groups excluding tert-OH is 1. The van der Waals surface area contributed by atoms with E-state index < -0.39 is 108 Å². The molecule has 2 N–H and O–H groups in total. The van der Waals surface area contributed by atoms with E-state index >= 15 is 0 Å². The first kappa shape index (κ1) is 54.0. The predicted molar refractivity (Wildman–Crippen MR) is 228 cm³/mol. The van der Waals surface area contributed by atoms with Crippen molar-refractivity contribution in [1.82, 2.24) is 9.80 Å². The molecule has 17 heteroatoms. The summed E-state index contributed by atoms with van der Waals surface area (Å²) in [5, 5.41) is 24.8. The maximum Gasteiger partial charge on any atom is 0.311 e. The van der Waals surface area contributed by atoms with Gasteiger partial charge in [-0.3, -0.25) is 14.4 Å². The molecule has 3 heterocycles. The zero-order valence-electron chi connectivity index (χ0n) is 40.3. The zero-order valence-corrected chi connectivity index (χ0v) is 40.3.